The molecule has 0 heterocycles. The zero-order chi connectivity index (χ0) is 14.9. The maximum Gasteiger partial charge on any atom is 0.262 e. The molecule has 0 radical (unpaired) electrons. The molecule has 4 nitrogen and oxygen atoms in total. The van der Waals surface area contributed by atoms with Gasteiger partial charge in [0.05, 0.1) is 16.3 Å². The first kappa shape index (κ1) is 14.4. The van der Waals surface area contributed by atoms with Crippen LogP contribution in [0, 0.1) is 20.8 Å². The average molecular weight is 290 g/mol. The van der Waals surface area contributed by atoms with Gasteiger partial charge < -0.3 is 5.73 Å². The van der Waals surface area contributed by atoms with Crippen LogP contribution in [0.4, 0.5) is 11.4 Å². The molecular weight excluding hydrogens is 272 g/mol. The van der Waals surface area contributed by atoms with E-state index in [0.29, 0.717) is 16.9 Å². The van der Waals surface area contributed by atoms with E-state index in [4.69, 9.17) is 5.73 Å². The second-order valence-electron chi connectivity index (χ2n) is 4.97. The van der Waals surface area contributed by atoms with Gasteiger partial charge in [0.1, 0.15) is 0 Å². The Morgan fingerprint density at radius 2 is 1.55 bits per heavy atom. The molecule has 0 unspecified atom stereocenters. The van der Waals surface area contributed by atoms with Crippen LogP contribution in [-0.4, -0.2) is 8.42 Å². The fourth-order valence-electron chi connectivity index (χ4n) is 1.96. The highest BCUT2D eigenvalue weighted by molar-refractivity contribution is 7.92. The minimum absolute atomic E-state index is 0.276. The Morgan fingerprint density at radius 3 is 2.25 bits per heavy atom. The number of nitrogen functional groups attached to an aromatic ring is 1. The van der Waals surface area contributed by atoms with Crippen molar-refractivity contribution in [2.75, 3.05) is 10.5 Å². The van der Waals surface area contributed by atoms with E-state index in [9.17, 15) is 8.42 Å². The van der Waals surface area contributed by atoms with E-state index in [0.717, 1.165) is 11.1 Å². The Labute approximate surface area is 119 Å². The average Bonchev–Trinajstić information content (AvgIpc) is 2.36. The lowest BCUT2D eigenvalue weighted by atomic mass is 10.2. The van der Waals surface area contributed by atoms with Crippen molar-refractivity contribution in [2.45, 2.75) is 25.7 Å². The van der Waals surface area contributed by atoms with Gasteiger partial charge in [0.2, 0.25) is 0 Å². The molecule has 0 saturated carbocycles. The zero-order valence-electron chi connectivity index (χ0n) is 11.8. The molecule has 2 aromatic rings. The smallest absolute Gasteiger partial charge is 0.262 e. The monoisotopic (exact) mass is 290 g/mol. The molecule has 0 saturated heterocycles. The molecule has 3 N–H and O–H groups in total. The number of anilines is 2. The molecule has 0 fully saturated rings. The molecule has 5 heteroatoms. The van der Waals surface area contributed by atoms with Crippen LogP contribution < -0.4 is 10.5 Å². The van der Waals surface area contributed by atoms with Crippen LogP contribution in [0.15, 0.2) is 41.3 Å². The highest BCUT2D eigenvalue weighted by atomic mass is 32.2. The molecule has 2 rings (SSSR count). The Hall–Kier alpha value is -2.01. The number of rotatable bonds is 3. The molecule has 0 amide bonds. The third kappa shape index (κ3) is 2.93. The summed E-state index contributed by atoms with van der Waals surface area (Å²) in [5, 5.41) is 0. The second kappa shape index (κ2) is 5.17. The Morgan fingerprint density at radius 1 is 0.950 bits per heavy atom. The van der Waals surface area contributed by atoms with Crippen molar-refractivity contribution in [3.63, 3.8) is 0 Å². The number of nitrogens with two attached hydrogens (primary N) is 1. The van der Waals surface area contributed by atoms with Crippen molar-refractivity contribution in [3.8, 4) is 0 Å². The summed E-state index contributed by atoms with van der Waals surface area (Å²) in [4.78, 5) is 0.276. The molecule has 0 aromatic heterocycles. The molecular formula is C15H18N2O2S. The minimum Gasteiger partial charge on any atom is -0.397 e. The molecule has 20 heavy (non-hydrogen) atoms. The fraction of sp³-hybridized carbons (Fsp3) is 0.200. The molecule has 0 atom stereocenters. The first-order valence-corrected chi connectivity index (χ1v) is 7.74. The predicted octanol–water partition coefficient (Wildman–Crippen LogP) is 2.99. The van der Waals surface area contributed by atoms with Crippen molar-refractivity contribution in [1.29, 1.82) is 0 Å². The quantitative estimate of drug-likeness (QED) is 0.854. The highest BCUT2D eigenvalue weighted by Gasteiger charge is 2.18. The second-order valence-corrected chi connectivity index (χ2v) is 6.62. The summed E-state index contributed by atoms with van der Waals surface area (Å²) in [7, 11) is -3.64. The standard InChI is InChI=1S/C15H18N2O2S/c1-10-5-7-13(16)14(8-10)17-20(18,19)15-9-11(2)4-6-12(15)3/h4-9,17H,16H2,1-3H3. The molecule has 0 bridgehead atoms. The first-order chi connectivity index (χ1) is 9.29. The van der Waals surface area contributed by atoms with Crippen molar-refractivity contribution >= 4 is 21.4 Å². The number of hydrogen-bond donors (Lipinski definition) is 2. The topological polar surface area (TPSA) is 72.2 Å². The van der Waals surface area contributed by atoms with Crippen LogP contribution in [0.25, 0.3) is 0 Å². The van der Waals surface area contributed by atoms with Crippen LogP contribution in [0.3, 0.4) is 0 Å². The lowest BCUT2D eigenvalue weighted by Crippen LogP contribution is -2.15. The van der Waals surface area contributed by atoms with Crippen LogP contribution in [0.5, 0.6) is 0 Å². The lowest BCUT2D eigenvalue weighted by molar-refractivity contribution is 0.600. The van der Waals surface area contributed by atoms with Gasteiger partial charge in [-0.25, -0.2) is 8.42 Å². The highest BCUT2D eigenvalue weighted by Crippen LogP contribution is 2.25. The largest absolute Gasteiger partial charge is 0.397 e. The Kier molecular flexibility index (Phi) is 3.72. The summed E-state index contributed by atoms with van der Waals surface area (Å²) in [6.45, 7) is 5.52. The fourth-order valence-corrected chi connectivity index (χ4v) is 3.36. The molecule has 2 aromatic carbocycles. The van der Waals surface area contributed by atoms with Crippen molar-refractivity contribution in [1.82, 2.24) is 0 Å². The van der Waals surface area contributed by atoms with Crippen molar-refractivity contribution < 1.29 is 8.42 Å². The van der Waals surface area contributed by atoms with E-state index >= 15 is 0 Å². The van der Waals surface area contributed by atoms with Gasteiger partial charge in [-0.2, -0.15) is 0 Å². The van der Waals surface area contributed by atoms with Gasteiger partial charge in [-0.15, -0.1) is 0 Å². The normalized spacial score (nSPS) is 11.3. The van der Waals surface area contributed by atoms with Gasteiger partial charge in [-0.05, 0) is 55.7 Å². The summed E-state index contributed by atoms with van der Waals surface area (Å²) in [5.74, 6) is 0. The Bertz CT molecular complexity index is 752. The first-order valence-electron chi connectivity index (χ1n) is 6.26. The van der Waals surface area contributed by atoms with Gasteiger partial charge in [0.15, 0.2) is 0 Å². The van der Waals surface area contributed by atoms with E-state index in [1.54, 1.807) is 31.2 Å². The molecule has 0 aliphatic carbocycles. The summed E-state index contributed by atoms with van der Waals surface area (Å²) < 4.78 is 27.5. The van der Waals surface area contributed by atoms with Gasteiger partial charge in [-0.1, -0.05) is 18.2 Å². The minimum atomic E-state index is -3.64. The molecule has 0 spiro atoms. The lowest BCUT2D eigenvalue weighted by Gasteiger charge is -2.13. The van der Waals surface area contributed by atoms with Crippen molar-refractivity contribution in [3.05, 3.63) is 53.1 Å². The Balaban J connectivity index is 2.46. The third-order valence-corrected chi connectivity index (χ3v) is 4.59. The number of sulfonamides is 1. The van der Waals surface area contributed by atoms with Gasteiger partial charge in [0, 0.05) is 0 Å². The third-order valence-electron chi connectivity index (χ3n) is 3.09. The number of hydrogen-bond acceptors (Lipinski definition) is 3. The van der Waals surface area contributed by atoms with Crippen LogP contribution in [-0.2, 0) is 10.0 Å². The number of aryl methyl sites for hydroxylation is 3. The van der Waals surface area contributed by atoms with E-state index in [-0.39, 0.29) is 4.90 Å². The molecule has 0 aliphatic heterocycles. The van der Waals surface area contributed by atoms with Crippen LogP contribution in [0.2, 0.25) is 0 Å². The van der Waals surface area contributed by atoms with Gasteiger partial charge >= 0.3 is 0 Å². The number of benzene rings is 2. The van der Waals surface area contributed by atoms with E-state index in [1.165, 1.54) is 0 Å². The van der Waals surface area contributed by atoms with Crippen LogP contribution >= 0.6 is 0 Å². The maximum absolute atomic E-state index is 12.5. The predicted molar refractivity (Wildman–Crippen MR) is 82.3 cm³/mol. The maximum atomic E-state index is 12.5. The summed E-state index contributed by atoms with van der Waals surface area (Å²) in [6, 6.07) is 10.6. The van der Waals surface area contributed by atoms with E-state index in [1.807, 2.05) is 26.0 Å². The summed E-state index contributed by atoms with van der Waals surface area (Å²) in [5.41, 5.74) is 9.17. The summed E-state index contributed by atoms with van der Waals surface area (Å²) in [6.07, 6.45) is 0. The summed E-state index contributed by atoms with van der Waals surface area (Å²) >= 11 is 0. The van der Waals surface area contributed by atoms with Gasteiger partial charge in [0.25, 0.3) is 10.0 Å². The van der Waals surface area contributed by atoms with Crippen molar-refractivity contribution in [2.24, 2.45) is 0 Å². The van der Waals surface area contributed by atoms with Crippen LogP contribution in [0.1, 0.15) is 16.7 Å². The van der Waals surface area contributed by atoms with E-state index < -0.39 is 10.0 Å². The van der Waals surface area contributed by atoms with E-state index in [2.05, 4.69) is 4.72 Å². The molecule has 0 aliphatic rings. The number of nitrogens with one attached hydrogen (secondary N) is 1. The SMILES string of the molecule is Cc1ccc(N)c(NS(=O)(=O)c2cc(C)ccc2C)c1. The zero-order valence-corrected chi connectivity index (χ0v) is 12.6. The van der Waals surface area contributed by atoms with Gasteiger partial charge in [-0.3, -0.25) is 4.72 Å². The molecule has 106 valence electrons.